The predicted molar refractivity (Wildman–Crippen MR) is 105 cm³/mol. The van der Waals surface area contributed by atoms with E-state index in [0.717, 1.165) is 10.8 Å². The molecule has 0 saturated heterocycles. The van der Waals surface area contributed by atoms with Crippen LogP contribution in [0.3, 0.4) is 0 Å². The quantitative estimate of drug-likeness (QED) is 0.343. The first-order valence-corrected chi connectivity index (χ1v) is 10.0. The third kappa shape index (κ3) is 6.74. The van der Waals surface area contributed by atoms with E-state index in [9.17, 15) is 9.59 Å². The van der Waals surface area contributed by atoms with Crippen LogP contribution < -0.4 is 10.6 Å². The molecule has 1 aromatic carbocycles. The van der Waals surface area contributed by atoms with Crippen molar-refractivity contribution in [2.24, 2.45) is 0 Å². The number of nitrogens with zero attached hydrogens (tertiary/aromatic N) is 2. The predicted octanol–water partition coefficient (Wildman–Crippen LogP) is 3.31. The molecule has 0 fully saturated rings. The minimum atomic E-state index is -0.0201. The minimum absolute atomic E-state index is 0.00512. The Morgan fingerprint density at radius 1 is 1.23 bits per heavy atom. The van der Waals surface area contributed by atoms with E-state index in [1.807, 2.05) is 6.92 Å². The first-order valence-electron chi connectivity index (χ1n) is 8.24. The lowest BCUT2D eigenvalue weighted by Crippen LogP contribution is -2.10. The average Bonchev–Trinajstić information content (AvgIpc) is 3.08. The number of amides is 1. The molecule has 0 bridgehead atoms. The van der Waals surface area contributed by atoms with E-state index in [1.165, 1.54) is 23.1 Å². The Labute approximate surface area is 160 Å². The Bertz CT molecular complexity index is 719. The van der Waals surface area contributed by atoms with Crippen molar-refractivity contribution in [1.82, 2.24) is 10.2 Å². The number of carbonyl (C=O) groups excluding carboxylic acids is 2. The van der Waals surface area contributed by atoms with Gasteiger partial charge in [-0.3, -0.25) is 9.59 Å². The summed E-state index contributed by atoms with van der Waals surface area (Å²) in [4.78, 5) is 23.9. The van der Waals surface area contributed by atoms with Gasteiger partial charge >= 0.3 is 0 Å². The highest BCUT2D eigenvalue weighted by molar-refractivity contribution is 8.01. The summed E-state index contributed by atoms with van der Waals surface area (Å²) in [6.07, 6.45) is 1.29. The maximum atomic E-state index is 12.3. The molecule has 140 valence electrons. The summed E-state index contributed by atoms with van der Waals surface area (Å²) in [5.41, 5.74) is 1.30. The summed E-state index contributed by atoms with van der Waals surface area (Å²) in [5.74, 6) is 0.271. The molecule has 26 heavy (non-hydrogen) atoms. The van der Waals surface area contributed by atoms with Crippen LogP contribution in [0.1, 0.15) is 30.1 Å². The number of rotatable bonds is 11. The summed E-state index contributed by atoms with van der Waals surface area (Å²) < 4.78 is 5.70. The Kier molecular flexibility index (Phi) is 8.52. The number of hydrogen-bond acceptors (Lipinski definition) is 8. The number of aromatic nitrogens is 2. The third-order valence-electron chi connectivity index (χ3n) is 3.28. The van der Waals surface area contributed by atoms with Crippen molar-refractivity contribution in [3.63, 3.8) is 0 Å². The van der Waals surface area contributed by atoms with E-state index in [0.29, 0.717) is 36.0 Å². The highest BCUT2D eigenvalue weighted by Gasteiger charge is 2.10. The van der Waals surface area contributed by atoms with Crippen molar-refractivity contribution in [3.8, 4) is 0 Å². The number of anilines is 2. The smallest absolute Gasteiger partial charge is 0.224 e. The van der Waals surface area contributed by atoms with Gasteiger partial charge in [0.1, 0.15) is 0 Å². The molecule has 2 N–H and O–H groups in total. The van der Waals surface area contributed by atoms with Crippen LogP contribution in [-0.2, 0) is 9.53 Å². The van der Waals surface area contributed by atoms with Crippen molar-refractivity contribution in [2.45, 2.75) is 24.1 Å². The second-order valence-electron chi connectivity index (χ2n) is 5.38. The molecule has 2 rings (SSSR count). The fourth-order valence-electron chi connectivity index (χ4n) is 2.00. The molecule has 1 aromatic heterocycles. The molecule has 1 heterocycles. The molecular weight excluding hydrogens is 372 g/mol. The fraction of sp³-hybridized carbons (Fsp3) is 0.412. The molecule has 0 aliphatic rings. The number of thioether (sulfide) groups is 1. The molecular formula is C17H22N4O3S2. The number of ether oxygens (including phenoxy) is 1. The van der Waals surface area contributed by atoms with Crippen LogP contribution >= 0.6 is 23.1 Å². The van der Waals surface area contributed by atoms with Gasteiger partial charge in [0.15, 0.2) is 10.1 Å². The van der Waals surface area contributed by atoms with Crippen LogP contribution in [-0.4, -0.2) is 47.9 Å². The first kappa shape index (κ1) is 20.3. The molecule has 0 aliphatic carbocycles. The molecule has 0 radical (unpaired) electrons. The van der Waals surface area contributed by atoms with Gasteiger partial charge in [-0.2, -0.15) is 0 Å². The van der Waals surface area contributed by atoms with E-state index < -0.39 is 0 Å². The average molecular weight is 395 g/mol. The topological polar surface area (TPSA) is 93.2 Å². The highest BCUT2D eigenvalue weighted by Crippen LogP contribution is 2.26. The van der Waals surface area contributed by atoms with Crippen LogP contribution in [0.25, 0.3) is 0 Å². The van der Waals surface area contributed by atoms with Gasteiger partial charge in [0.25, 0.3) is 0 Å². The van der Waals surface area contributed by atoms with E-state index in [-0.39, 0.29) is 17.4 Å². The lowest BCUT2D eigenvalue weighted by molar-refractivity contribution is -0.116. The Morgan fingerprint density at radius 3 is 2.69 bits per heavy atom. The minimum Gasteiger partial charge on any atom is -0.383 e. The Morgan fingerprint density at radius 2 is 2.00 bits per heavy atom. The SMILES string of the molecule is CCCC(=O)Nc1ccc(C(=O)CSc2nnc(NCCOC)s2)cc1. The zero-order valence-electron chi connectivity index (χ0n) is 14.8. The summed E-state index contributed by atoms with van der Waals surface area (Å²) in [5, 5.41) is 14.7. The molecule has 0 unspecified atom stereocenters. The first-order chi connectivity index (χ1) is 12.6. The number of nitrogens with one attached hydrogen (secondary N) is 2. The number of ketones is 1. The summed E-state index contributed by atoms with van der Waals surface area (Å²) >= 11 is 2.77. The highest BCUT2D eigenvalue weighted by atomic mass is 32.2. The largest absolute Gasteiger partial charge is 0.383 e. The van der Waals surface area contributed by atoms with Gasteiger partial charge in [0.2, 0.25) is 11.0 Å². The standard InChI is InChI=1S/C17H22N4O3S2/c1-3-4-15(23)19-13-7-5-12(6-8-13)14(22)11-25-17-21-20-16(26-17)18-9-10-24-2/h5-8H,3-4,9-11H2,1-2H3,(H,18,20)(H,19,23). The molecule has 9 heteroatoms. The van der Waals surface area contributed by atoms with Crippen LogP contribution in [0.5, 0.6) is 0 Å². The Balaban J connectivity index is 1.81. The van der Waals surface area contributed by atoms with Crippen LogP contribution in [0.2, 0.25) is 0 Å². The van der Waals surface area contributed by atoms with Crippen molar-refractivity contribution >= 4 is 45.6 Å². The monoisotopic (exact) mass is 394 g/mol. The van der Waals surface area contributed by atoms with Crippen LogP contribution in [0.15, 0.2) is 28.6 Å². The fourth-order valence-corrected chi connectivity index (χ4v) is 3.67. The van der Waals surface area contributed by atoms with E-state index >= 15 is 0 Å². The number of carbonyl (C=O) groups is 2. The van der Waals surface area contributed by atoms with Gasteiger partial charge in [0.05, 0.1) is 12.4 Å². The second-order valence-corrected chi connectivity index (χ2v) is 7.58. The van der Waals surface area contributed by atoms with Crippen molar-refractivity contribution in [2.75, 3.05) is 36.6 Å². The van der Waals surface area contributed by atoms with E-state index in [1.54, 1.807) is 31.4 Å². The molecule has 7 nitrogen and oxygen atoms in total. The van der Waals surface area contributed by atoms with Gasteiger partial charge in [-0.05, 0) is 30.7 Å². The third-order valence-corrected chi connectivity index (χ3v) is 5.30. The molecule has 0 atom stereocenters. The van der Waals surface area contributed by atoms with Gasteiger partial charge in [-0.25, -0.2) is 0 Å². The number of methoxy groups -OCH3 is 1. The molecule has 0 aliphatic heterocycles. The maximum absolute atomic E-state index is 12.3. The van der Waals surface area contributed by atoms with E-state index in [4.69, 9.17) is 4.74 Å². The number of hydrogen-bond donors (Lipinski definition) is 2. The van der Waals surface area contributed by atoms with Crippen molar-refractivity contribution in [1.29, 1.82) is 0 Å². The van der Waals surface area contributed by atoms with Crippen molar-refractivity contribution in [3.05, 3.63) is 29.8 Å². The number of Topliss-reactive ketones (excluding diaryl/α,β-unsaturated/α-hetero) is 1. The zero-order valence-corrected chi connectivity index (χ0v) is 16.4. The number of benzene rings is 1. The van der Waals surface area contributed by atoms with Gasteiger partial charge in [0, 0.05) is 31.3 Å². The van der Waals surface area contributed by atoms with Gasteiger partial charge in [-0.1, -0.05) is 30.0 Å². The van der Waals surface area contributed by atoms with E-state index in [2.05, 4.69) is 20.8 Å². The summed E-state index contributed by atoms with van der Waals surface area (Å²) in [6.45, 7) is 3.21. The van der Waals surface area contributed by atoms with Crippen LogP contribution in [0.4, 0.5) is 10.8 Å². The molecule has 2 aromatic rings. The lowest BCUT2D eigenvalue weighted by Gasteiger charge is -2.05. The molecule has 0 spiro atoms. The lowest BCUT2D eigenvalue weighted by atomic mass is 10.1. The van der Waals surface area contributed by atoms with Gasteiger partial charge in [-0.15, -0.1) is 10.2 Å². The maximum Gasteiger partial charge on any atom is 0.224 e. The zero-order chi connectivity index (χ0) is 18.8. The molecule has 0 saturated carbocycles. The second kappa shape index (κ2) is 10.9. The molecule has 1 amide bonds. The summed E-state index contributed by atoms with van der Waals surface area (Å²) in [6, 6.07) is 6.94. The normalized spacial score (nSPS) is 10.5. The van der Waals surface area contributed by atoms with Crippen molar-refractivity contribution < 1.29 is 14.3 Å². The Hall–Kier alpha value is -1.97. The van der Waals surface area contributed by atoms with Gasteiger partial charge < -0.3 is 15.4 Å². The summed E-state index contributed by atoms with van der Waals surface area (Å²) in [7, 11) is 1.64. The van der Waals surface area contributed by atoms with Crippen LogP contribution in [0, 0.1) is 0 Å².